The summed E-state index contributed by atoms with van der Waals surface area (Å²) < 4.78 is 5.48. The third kappa shape index (κ3) is 2.92. The van der Waals surface area contributed by atoms with Gasteiger partial charge in [0, 0.05) is 25.0 Å². The molecule has 0 spiro atoms. The number of rotatable bonds is 4. The molecule has 88 valence electrons. The zero-order chi connectivity index (χ0) is 12.1. The Kier molecular flexibility index (Phi) is 3.52. The van der Waals surface area contributed by atoms with Crippen LogP contribution in [-0.4, -0.2) is 17.0 Å². The molecule has 1 aromatic carbocycles. The van der Waals surface area contributed by atoms with E-state index in [9.17, 15) is 0 Å². The van der Waals surface area contributed by atoms with Gasteiger partial charge in [0.05, 0.1) is 5.69 Å². The number of hydrogen-bond acceptors (Lipinski definition) is 5. The fraction of sp³-hybridized carbons (Fsp3) is 0.167. The predicted octanol–water partition coefficient (Wildman–Crippen LogP) is 1.37. The summed E-state index contributed by atoms with van der Waals surface area (Å²) >= 11 is 0. The maximum Gasteiger partial charge on any atom is 0.316 e. The smallest absolute Gasteiger partial charge is 0.316 e. The van der Waals surface area contributed by atoms with Crippen LogP contribution in [-0.2, 0) is 6.61 Å². The molecule has 5 heteroatoms. The number of nitrogens with two attached hydrogens (primary N) is 1. The molecule has 2 rings (SSSR count). The molecule has 0 radical (unpaired) electrons. The predicted molar refractivity (Wildman–Crippen MR) is 65.4 cm³/mol. The summed E-state index contributed by atoms with van der Waals surface area (Å²) in [7, 11) is 1.79. The molecule has 17 heavy (non-hydrogen) atoms. The van der Waals surface area contributed by atoms with Crippen LogP contribution < -0.4 is 15.6 Å². The fourth-order valence-electron chi connectivity index (χ4n) is 1.48. The van der Waals surface area contributed by atoms with Crippen molar-refractivity contribution in [3.63, 3.8) is 0 Å². The van der Waals surface area contributed by atoms with Gasteiger partial charge in [0.15, 0.2) is 0 Å². The Morgan fingerprint density at radius 3 is 2.59 bits per heavy atom. The van der Waals surface area contributed by atoms with E-state index in [0.717, 1.165) is 11.3 Å². The molecule has 0 aliphatic carbocycles. The summed E-state index contributed by atoms with van der Waals surface area (Å²) in [4.78, 5) is 7.98. The number of ether oxygens (including phenoxy) is 1. The van der Waals surface area contributed by atoms with Crippen LogP contribution in [0.4, 0.5) is 5.69 Å². The van der Waals surface area contributed by atoms with Crippen LogP contribution >= 0.6 is 0 Å². The normalized spacial score (nSPS) is 10.0. The average molecular weight is 230 g/mol. The Balaban J connectivity index is 2.09. The first-order valence-corrected chi connectivity index (χ1v) is 5.23. The Bertz CT molecular complexity index is 473. The summed E-state index contributed by atoms with van der Waals surface area (Å²) in [6.07, 6.45) is 3.28. The molecule has 0 atom stereocenters. The first kappa shape index (κ1) is 11.3. The monoisotopic (exact) mass is 230 g/mol. The van der Waals surface area contributed by atoms with Gasteiger partial charge < -0.3 is 9.75 Å². The van der Waals surface area contributed by atoms with Crippen LogP contribution in [0, 0.1) is 0 Å². The molecule has 0 bridgehead atoms. The zero-order valence-electron chi connectivity index (χ0n) is 9.58. The molecule has 0 unspecified atom stereocenters. The standard InChI is InChI=1S/C12H14N4O/c1-16(13)11-6-3-2-5-10(11)9-17-12-14-7-4-8-15-12/h2-8H,9,13H2,1H3. The topological polar surface area (TPSA) is 64.3 Å². The highest BCUT2D eigenvalue weighted by atomic mass is 16.5. The lowest BCUT2D eigenvalue weighted by atomic mass is 10.2. The SMILES string of the molecule is CN(N)c1ccccc1COc1ncccn1. The van der Waals surface area contributed by atoms with Crippen LogP contribution in [0.3, 0.4) is 0 Å². The van der Waals surface area contributed by atoms with Gasteiger partial charge in [-0.15, -0.1) is 0 Å². The van der Waals surface area contributed by atoms with E-state index in [1.807, 2.05) is 24.3 Å². The first-order chi connectivity index (χ1) is 8.27. The van der Waals surface area contributed by atoms with Crippen molar-refractivity contribution in [1.29, 1.82) is 0 Å². The van der Waals surface area contributed by atoms with E-state index < -0.39 is 0 Å². The molecule has 0 saturated heterocycles. The summed E-state index contributed by atoms with van der Waals surface area (Å²) in [5, 5.41) is 1.56. The molecule has 0 aliphatic heterocycles. The second kappa shape index (κ2) is 5.27. The highest BCUT2D eigenvalue weighted by molar-refractivity contribution is 5.51. The minimum atomic E-state index is 0.363. The van der Waals surface area contributed by atoms with Crippen molar-refractivity contribution in [3.05, 3.63) is 48.3 Å². The van der Waals surface area contributed by atoms with Crippen LogP contribution in [0.1, 0.15) is 5.56 Å². The van der Waals surface area contributed by atoms with Gasteiger partial charge in [-0.2, -0.15) is 0 Å². The largest absolute Gasteiger partial charge is 0.459 e. The van der Waals surface area contributed by atoms with Crippen molar-refractivity contribution in [1.82, 2.24) is 9.97 Å². The molecule has 2 aromatic rings. The van der Waals surface area contributed by atoms with E-state index in [2.05, 4.69) is 9.97 Å². The van der Waals surface area contributed by atoms with Gasteiger partial charge in [-0.1, -0.05) is 18.2 Å². The number of anilines is 1. The zero-order valence-corrected chi connectivity index (χ0v) is 9.58. The van der Waals surface area contributed by atoms with Gasteiger partial charge in [-0.25, -0.2) is 15.8 Å². The molecule has 0 saturated carbocycles. The highest BCUT2D eigenvalue weighted by Gasteiger charge is 2.05. The van der Waals surface area contributed by atoms with E-state index in [1.165, 1.54) is 0 Å². The maximum atomic E-state index is 5.73. The van der Waals surface area contributed by atoms with E-state index in [4.69, 9.17) is 10.6 Å². The molecule has 1 heterocycles. The Morgan fingerprint density at radius 1 is 1.18 bits per heavy atom. The Hall–Kier alpha value is -2.14. The van der Waals surface area contributed by atoms with Crippen molar-refractivity contribution in [3.8, 4) is 6.01 Å². The second-order valence-corrected chi connectivity index (χ2v) is 3.56. The lowest BCUT2D eigenvalue weighted by Crippen LogP contribution is -2.26. The van der Waals surface area contributed by atoms with Crippen LogP contribution in [0.15, 0.2) is 42.7 Å². The summed E-state index contributed by atoms with van der Waals surface area (Å²) in [6.45, 7) is 0.391. The van der Waals surface area contributed by atoms with Crippen molar-refractivity contribution in [2.45, 2.75) is 6.61 Å². The van der Waals surface area contributed by atoms with Crippen molar-refractivity contribution >= 4 is 5.69 Å². The highest BCUT2D eigenvalue weighted by Crippen LogP contribution is 2.18. The molecule has 5 nitrogen and oxygen atoms in total. The third-order valence-electron chi connectivity index (χ3n) is 2.27. The van der Waals surface area contributed by atoms with Crippen LogP contribution in [0.25, 0.3) is 0 Å². The summed E-state index contributed by atoms with van der Waals surface area (Å²) in [6, 6.07) is 9.88. The number of hydrogen-bond donors (Lipinski definition) is 1. The quantitative estimate of drug-likeness (QED) is 0.634. The molecular weight excluding hydrogens is 216 g/mol. The maximum absolute atomic E-state index is 5.73. The van der Waals surface area contributed by atoms with Crippen LogP contribution in [0.2, 0.25) is 0 Å². The number of aromatic nitrogens is 2. The molecule has 0 fully saturated rings. The van der Waals surface area contributed by atoms with Crippen LogP contribution in [0.5, 0.6) is 6.01 Å². The van der Waals surface area contributed by atoms with Gasteiger partial charge in [0.1, 0.15) is 6.61 Å². The fourth-order valence-corrected chi connectivity index (χ4v) is 1.48. The number of benzene rings is 1. The molecular formula is C12H14N4O. The molecule has 0 amide bonds. The van der Waals surface area contributed by atoms with Gasteiger partial charge in [0.2, 0.25) is 0 Å². The average Bonchev–Trinajstić information content (AvgIpc) is 2.38. The lowest BCUT2D eigenvalue weighted by molar-refractivity contribution is 0.281. The summed E-state index contributed by atoms with van der Waals surface area (Å²) in [5.41, 5.74) is 1.91. The molecule has 0 aliphatic rings. The van der Waals surface area contributed by atoms with E-state index in [0.29, 0.717) is 12.6 Å². The van der Waals surface area contributed by atoms with Crippen molar-refractivity contribution in [2.75, 3.05) is 12.1 Å². The first-order valence-electron chi connectivity index (χ1n) is 5.23. The van der Waals surface area contributed by atoms with Crippen molar-refractivity contribution < 1.29 is 4.74 Å². The number of nitrogens with zero attached hydrogens (tertiary/aromatic N) is 3. The minimum Gasteiger partial charge on any atom is -0.459 e. The van der Waals surface area contributed by atoms with Crippen molar-refractivity contribution in [2.24, 2.45) is 5.84 Å². The Labute approximate surface area is 99.8 Å². The van der Waals surface area contributed by atoms with Gasteiger partial charge in [-0.3, -0.25) is 0 Å². The third-order valence-corrected chi connectivity index (χ3v) is 2.27. The lowest BCUT2D eigenvalue weighted by Gasteiger charge is -2.16. The minimum absolute atomic E-state index is 0.363. The summed E-state index contributed by atoms with van der Waals surface area (Å²) in [5.74, 6) is 5.73. The van der Waals surface area contributed by atoms with Gasteiger partial charge in [-0.05, 0) is 12.1 Å². The molecule has 1 aromatic heterocycles. The van der Waals surface area contributed by atoms with Gasteiger partial charge >= 0.3 is 6.01 Å². The molecule has 2 N–H and O–H groups in total. The van der Waals surface area contributed by atoms with E-state index in [-0.39, 0.29) is 0 Å². The van der Waals surface area contributed by atoms with E-state index >= 15 is 0 Å². The Morgan fingerprint density at radius 2 is 1.88 bits per heavy atom. The second-order valence-electron chi connectivity index (χ2n) is 3.56. The van der Waals surface area contributed by atoms with Gasteiger partial charge in [0.25, 0.3) is 0 Å². The van der Waals surface area contributed by atoms with E-state index in [1.54, 1.807) is 30.5 Å². The number of hydrazine groups is 1. The number of para-hydroxylation sites is 1.